The van der Waals surface area contributed by atoms with Crippen molar-refractivity contribution < 1.29 is 4.79 Å². The number of rotatable bonds is 4. The van der Waals surface area contributed by atoms with Crippen molar-refractivity contribution in [3.8, 4) is 0 Å². The number of amides is 1. The Morgan fingerprint density at radius 2 is 1.79 bits per heavy atom. The summed E-state index contributed by atoms with van der Waals surface area (Å²) in [5, 5.41) is 0.752. The predicted octanol–water partition coefficient (Wildman–Crippen LogP) is 5.22. The average molecular weight is 392 g/mol. The maximum absolute atomic E-state index is 12.9. The highest BCUT2D eigenvalue weighted by molar-refractivity contribution is 8.18. The van der Waals surface area contributed by atoms with E-state index in [0.717, 1.165) is 40.0 Å². The smallest absolute Gasteiger partial charge is 0.266 e. The molecule has 0 aromatic heterocycles. The van der Waals surface area contributed by atoms with Crippen molar-refractivity contribution in [2.45, 2.75) is 26.7 Å². The highest BCUT2D eigenvalue weighted by Crippen LogP contribution is 2.34. The van der Waals surface area contributed by atoms with Gasteiger partial charge in [-0.15, -0.1) is 0 Å². The van der Waals surface area contributed by atoms with Gasteiger partial charge in [0.2, 0.25) is 0 Å². The van der Waals surface area contributed by atoms with E-state index in [1.165, 1.54) is 30.3 Å². The summed E-state index contributed by atoms with van der Waals surface area (Å²) in [4.78, 5) is 22.5. The fourth-order valence-electron chi connectivity index (χ4n) is 3.57. The van der Waals surface area contributed by atoms with Gasteiger partial charge in [0.15, 0.2) is 5.17 Å². The van der Waals surface area contributed by atoms with E-state index in [1.54, 1.807) is 4.90 Å². The average Bonchev–Trinajstić information content (AvgIpc) is 3.33. The Bertz CT molecular complexity index is 927. The van der Waals surface area contributed by atoms with Crippen molar-refractivity contribution in [1.29, 1.82) is 0 Å². The Labute approximate surface area is 171 Å². The zero-order chi connectivity index (χ0) is 19.5. The predicted molar refractivity (Wildman–Crippen MR) is 119 cm³/mol. The maximum atomic E-state index is 12.9. The van der Waals surface area contributed by atoms with E-state index in [0.29, 0.717) is 6.54 Å². The lowest BCUT2D eigenvalue weighted by Gasteiger charge is -2.17. The Kier molecular flexibility index (Phi) is 5.53. The highest BCUT2D eigenvalue weighted by atomic mass is 32.2. The second-order valence-corrected chi connectivity index (χ2v) is 8.14. The summed E-state index contributed by atoms with van der Waals surface area (Å²) >= 11 is 1.46. The van der Waals surface area contributed by atoms with Crippen LogP contribution in [0.15, 0.2) is 58.4 Å². The van der Waals surface area contributed by atoms with Crippen LogP contribution in [0.3, 0.4) is 0 Å². The van der Waals surface area contributed by atoms with Crippen LogP contribution in [0.5, 0.6) is 0 Å². The van der Waals surface area contributed by atoms with Gasteiger partial charge in [0, 0.05) is 25.3 Å². The third-order valence-electron chi connectivity index (χ3n) is 5.20. The number of benzene rings is 2. The van der Waals surface area contributed by atoms with Crippen LogP contribution in [0, 0.1) is 6.92 Å². The minimum Gasteiger partial charge on any atom is -0.372 e. The Morgan fingerprint density at radius 3 is 2.46 bits per heavy atom. The standard InChI is InChI=1S/C23H25N3OS/c1-3-26-22(27)21(28-23(26)24-20-9-5-4-8-17(20)2)16-18-10-12-19(13-11-18)25-14-6-7-15-25/h4-5,8-13,16H,3,6-7,14-15H2,1-2H3/b21-16+,24-23?. The van der Waals surface area contributed by atoms with Gasteiger partial charge in [-0.2, -0.15) is 0 Å². The molecule has 2 aromatic rings. The third kappa shape index (κ3) is 3.85. The zero-order valence-corrected chi connectivity index (χ0v) is 17.2. The van der Waals surface area contributed by atoms with Crippen LogP contribution in [0.1, 0.15) is 30.9 Å². The molecule has 5 heteroatoms. The molecule has 2 saturated heterocycles. The molecule has 0 saturated carbocycles. The molecule has 0 N–H and O–H groups in total. The van der Waals surface area contributed by atoms with Crippen LogP contribution >= 0.6 is 11.8 Å². The van der Waals surface area contributed by atoms with E-state index in [2.05, 4.69) is 29.2 Å². The van der Waals surface area contributed by atoms with E-state index in [9.17, 15) is 4.79 Å². The molecule has 2 aliphatic rings. The molecule has 0 spiro atoms. The van der Waals surface area contributed by atoms with Gasteiger partial charge in [0.05, 0.1) is 10.6 Å². The molecular weight excluding hydrogens is 366 g/mol. The number of anilines is 1. The van der Waals surface area contributed by atoms with E-state index in [4.69, 9.17) is 4.99 Å². The summed E-state index contributed by atoms with van der Waals surface area (Å²) in [6.45, 7) is 6.91. The summed E-state index contributed by atoms with van der Waals surface area (Å²) in [5.41, 5.74) is 4.33. The molecule has 1 amide bonds. The van der Waals surface area contributed by atoms with Gasteiger partial charge in [-0.05, 0) is 73.9 Å². The number of carbonyl (C=O) groups excluding carboxylic acids is 1. The number of thioether (sulfide) groups is 1. The van der Waals surface area contributed by atoms with E-state index in [1.807, 2.05) is 44.2 Å². The minimum atomic E-state index is 0.0310. The van der Waals surface area contributed by atoms with E-state index < -0.39 is 0 Å². The number of carbonyl (C=O) groups is 1. The van der Waals surface area contributed by atoms with Crippen LogP contribution in [-0.4, -0.2) is 35.6 Å². The first-order valence-electron chi connectivity index (χ1n) is 9.86. The molecule has 0 unspecified atom stereocenters. The molecule has 2 fully saturated rings. The van der Waals surface area contributed by atoms with Crippen molar-refractivity contribution in [3.05, 3.63) is 64.6 Å². The number of hydrogen-bond donors (Lipinski definition) is 0. The summed E-state index contributed by atoms with van der Waals surface area (Å²) < 4.78 is 0. The first-order valence-corrected chi connectivity index (χ1v) is 10.7. The van der Waals surface area contributed by atoms with Crippen molar-refractivity contribution in [2.75, 3.05) is 24.5 Å². The number of hydrogen-bond acceptors (Lipinski definition) is 4. The molecule has 2 aromatic carbocycles. The fourth-order valence-corrected chi connectivity index (χ4v) is 4.63. The Balaban J connectivity index is 1.58. The molecule has 2 heterocycles. The summed E-state index contributed by atoms with van der Waals surface area (Å²) in [6.07, 6.45) is 4.52. The van der Waals surface area contributed by atoms with E-state index >= 15 is 0 Å². The lowest BCUT2D eigenvalue weighted by Crippen LogP contribution is -2.28. The fraction of sp³-hybridized carbons (Fsp3) is 0.304. The van der Waals surface area contributed by atoms with Gasteiger partial charge in [-0.1, -0.05) is 30.3 Å². The van der Waals surface area contributed by atoms with Gasteiger partial charge in [0.25, 0.3) is 5.91 Å². The lowest BCUT2D eigenvalue weighted by molar-refractivity contribution is -0.122. The molecule has 0 bridgehead atoms. The molecule has 0 aliphatic carbocycles. The Hall–Kier alpha value is -2.53. The number of likely N-dealkylation sites (N-methyl/N-ethyl adjacent to an activating group) is 1. The molecule has 0 radical (unpaired) electrons. The number of amidine groups is 1. The van der Waals surface area contributed by atoms with E-state index in [-0.39, 0.29) is 5.91 Å². The third-order valence-corrected chi connectivity index (χ3v) is 6.20. The van der Waals surface area contributed by atoms with Crippen molar-refractivity contribution in [3.63, 3.8) is 0 Å². The van der Waals surface area contributed by atoms with Gasteiger partial charge in [-0.3, -0.25) is 9.69 Å². The number of nitrogens with zero attached hydrogens (tertiary/aromatic N) is 3. The van der Waals surface area contributed by atoms with Gasteiger partial charge in [-0.25, -0.2) is 4.99 Å². The molecular formula is C23H25N3OS. The van der Waals surface area contributed by atoms with Crippen molar-refractivity contribution in [2.24, 2.45) is 4.99 Å². The molecule has 0 atom stereocenters. The second kappa shape index (κ2) is 8.23. The first kappa shape index (κ1) is 18.8. The monoisotopic (exact) mass is 391 g/mol. The normalized spacial score (nSPS) is 20.0. The van der Waals surface area contributed by atoms with Crippen molar-refractivity contribution in [1.82, 2.24) is 4.90 Å². The van der Waals surface area contributed by atoms with Crippen molar-refractivity contribution >= 4 is 40.3 Å². The van der Waals surface area contributed by atoms with Gasteiger partial charge in [0.1, 0.15) is 0 Å². The lowest BCUT2D eigenvalue weighted by atomic mass is 10.2. The summed E-state index contributed by atoms with van der Waals surface area (Å²) in [6, 6.07) is 16.5. The Morgan fingerprint density at radius 1 is 1.07 bits per heavy atom. The largest absolute Gasteiger partial charge is 0.372 e. The van der Waals surface area contributed by atoms with Crippen LogP contribution in [-0.2, 0) is 4.79 Å². The van der Waals surface area contributed by atoms with Crippen LogP contribution in [0.2, 0.25) is 0 Å². The SMILES string of the molecule is CCN1C(=O)/C(=C\c2ccc(N3CCCC3)cc2)SC1=Nc1ccccc1C. The second-order valence-electron chi connectivity index (χ2n) is 7.13. The molecule has 28 heavy (non-hydrogen) atoms. The number of aliphatic imine (C=N–C) groups is 1. The quantitative estimate of drug-likeness (QED) is 0.671. The maximum Gasteiger partial charge on any atom is 0.266 e. The van der Waals surface area contributed by atoms with Crippen LogP contribution in [0.4, 0.5) is 11.4 Å². The number of para-hydroxylation sites is 1. The minimum absolute atomic E-state index is 0.0310. The molecule has 4 nitrogen and oxygen atoms in total. The summed E-state index contributed by atoms with van der Waals surface area (Å²) in [7, 11) is 0. The molecule has 4 rings (SSSR count). The molecule has 144 valence electrons. The molecule has 2 aliphatic heterocycles. The van der Waals surface area contributed by atoms with Crippen LogP contribution < -0.4 is 4.90 Å². The van der Waals surface area contributed by atoms with Crippen LogP contribution in [0.25, 0.3) is 6.08 Å². The number of aryl methyl sites for hydroxylation is 1. The van der Waals surface area contributed by atoms with Gasteiger partial charge >= 0.3 is 0 Å². The first-order chi connectivity index (χ1) is 13.7. The highest BCUT2D eigenvalue weighted by Gasteiger charge is 2.32. The van der Waals surface area contributed by atoms with Gasteiger partial charge < -0.3 is 4.90 Å². The summed E-state index contributed by atoms with van der Waals surface area (Å²) in [5.74, 6) is 0.0310. The zero-order valence-electron chi connectivity index (χ0n) is 16.4. The topological polar surface area (TPSA) is 35.9 Å².